The molecule has 6 nitrogen and oxygen atoms in total. The summed E-state index contributed by atoms with van der Waals surface area (Å²) in [6, 6.07) is 12.4. The molecule has 7 heteroatoms. The van der Waals surface area contributed by atoms with E-state index < -0.39 is 24.3 Å². The second-order valence-electron chi connectivity index (χ2n) is 5.47. The summed E-state index contributed by atoms with van der Waals surface area (Å²) in [7, 11) is 1.51. The standard InChI is InChI=1S/C19H16FNO5/c1-24-10-15-14-4-2-3-5-16(14)26-18(15)19(23)25-11-17(22)21-13-8-6-12(20)7-9-13/h2-9H,10-11H2,1H3,(H,21,22). The van der Waals surface area contributed by atoms with Gasteiger partial charge in [0.25, 0.3) is 5.91 Å². The Balaban J connectivity index is 1.68. The first kappa shape index (κ1) is 17.6. The molecule has 0 radical (unpaired) electrons. The highest BCUT2D eigenvalue weighted by Crippen LogP contribution is 2.27. The van der Waals surface area contributed by atoms with Crippen LogP contribution in [-0.2, 0) is 20.9 Å². The normalized spacial score (nSPS) is 10.7. The Morgan fingerprint density at radius 3 is 2.58 bits per heavy atom. The van der Waals surface area contributed by atoms with Gasteiger partial charge in [0, 0.05) is 23.7 Å². The van der Waals surface area contributed by atoms with Crippen molar-refractivity contribution in [3.63, 3.8) is 0 Å². The van der Waals surface area contributed by atoms with E-state index >= 15 is 0 Å². The van der Waals surface area contributed by atoms with E-state index in [-0.39, 0.29) is 12.4 Å². The van der Waals surface area contributed by atoms with Crippen molar-refractivity contribution >= 4 is 28.5 Å². The number of carbonyl (C=O) groups is 2. The fraction of sp³-hybridized carbons (Fsp3) is 0.158. The predicted octanol–water partition coefficient (Wildman–Crippen LogP) is 3.51. The Kier molecular flexibility index (Phi) is 5.28. The maximum atomic E-state index is 12.9. The minimum Gasteiger partial charge on any atom is -0.450 e. The Morgan fingerprint density at radius 1 is 1.12 bits per heavy atom. The van der Waals surface area contributed by atoms with Gasteiger partial charge in [0.05, 0.1) is 6.61 Å². The van der Waals surface area contributed by atoms with Crippen LogP contribution < -0.4 is 5.32 Å². The molecule has 0 aliphatic heterocycles. The zero-order chi connectivity index (χ0) is 18.5. The Bertz CT molecular complexity index is 933. The average molecular weight is 357 g/mol. The minimum atomic E-state index is -0.762. The third-order valence-electron chi connectivity index (χ3n) is 3.63. The number of furan rings is 1. The SMILES string of the molecule is COCc1c(C(=O)OCC(=O)Nc2ccc(F)cc2)oc2ccccc12. The molecule has 0 spiro atoms. The number of ether oxygens (including phenoxy) is 2. The molecular formula is C19H16FNO5. The van der Waals surface area contributed by atoms with Crippen LogP contribution in [-0.4, -0.2) is 25.6 Å². The summed E-state index contributed by atoms with van der Waals surface area (Å²) in [6.45, 7) is -0.330. The number of nitrogens with one attached hydrogen (secondary N) is 1. The molecule has 3 rings (SSSR count). The predicted molar refractivity (Wildman–Crippen MR) is 92.2 cm³/mol. The average Bonchev–Trinajstić information content (AvgIpc) is 3.01. The molecule has 1 amide bonds. The molecule has 0 fully saturated rings. The van der Waals surface area contributed by atoms with E-state index in [2.05, 4.69) is 5.32 Å². The Morgan fingerprint density at radius 2 is 1.85 bits per heavy atom. The van der Waals surface area contributed by atoms with Crippen LogP contribution in [0.15, 0.2) is 52.9 Å². The van der Waals surface area contributed by atoms with Crippen molar-refractivity contribution in [2.45, 2.75) is 6.61 Å². The van der Waals surface area contributed by atoms with Crippen LogP contribution >= 0.6 is 0 Å². The van der Waals surface area contributed by atoms with Crippen molar-refractivity contribution in [1.29, 1.82) is 0 Å². The van der Waals surface area contributed by atoms with Crippen molar-refractivity contribution in [1.82, 2.24) is 0 Å². The number of fused-ring (bicyclic) bond motifs is 1. The summed E-state index contributed by atoms with van der Waals surface area (Å²) >= 11 is 0. The van der Waals surface area contributed by atoms with E-state index in [1.54, 1.807) is 12.1 Å². The first-order valence-electron chi connectivity index (χ1n) is 7.80. The number of esters is 1. The van der Waals surface area contributed by atoms with Gasteiger partial charge in [0.2, 0.25) is 5.76 Å². The lowest BCUT2D eigenvalue weighted by Crippen LogP contribution is -2.21. The summed E-state index contributed by atoms with van der Waals surface area (Å²) in [5.74, 6) is -1.72. The van der Waals surface area contributed by atoms with E-state index in [0.29, 0.717) is 16.8 Å². The second-order valence-corrected chi connectivity index (χ2v) is 5.47. The number of para-hydroxylation sites is 1. The second kappa shape index (κ2) is 7.79. The molecular weight excluding hydrogens is 341 g/mol. The van der Waals surface area contributed by atoms with Gasteiger partial charge >= 0.3 is 5.97 Å². The van der Waals surface area contributed by atoms with Crippen molar-refractivity contribution < 1.29 is 27.9 Å². The van der Waals surface area contributed by atoms with Gasteiger partial charge in [0.15, 0.2) is 6.61 Å². The number of amides is 1. The molecule has 0 aliphatic carbocycles. The van der Waals surface area contributed by atoms with Crippen LogP contribution in [0.1, 0.15) is 16.1 Å². The largest absolute Gasteiger partial charge is 0.450 e. The van der Waals surface area contributed by atoms with E-state index in [1.165, 1.54) is 31.4 Å². The summed E-state index contributed by atoms with van der Waals surface area (Å²) in [5, 5.41) is 3.25. The van der Waals surface area contributed by atoms with Crippen LogP contribution in [0.2, 0.25) is 0 Å². The van der Waals surface area contributed by atoms with Gasteiger partial charge in [-0.2, -0.15) is 0 Å². The van der Waals surface area contributed by atoms with E-state index in [9.17, 15) is 14.0 Å². The maximum Gasteiger partial charge on any atom is 0.375 e. The summed E-state index contributed by atoms with van der Waals surface area (Å²) in [4.78, 5) is 24.2. The quantitative estimate of drug-likeness (QED) is 0.683. The van der Waals surface area contributed by atoms with Gasteiger partial charge in [-0.05, 0) is 30.3 Å². The molecule has 134 valence electrons. The van der Waals surface area contributed by atoms with Crippen molar-refractivity contribution in [3.8, 4) is 0 Å². The molecule has 1 N–H and O–H groups in total. The van der Waals surface area contributed by atoms with Crippen LogP contribution in [0.4, 0.5) is 10.1 Å². The van der Waals surface area contributed by atoms with E-state index in [1.807, 2.05) is 12.1 Å². The third kappa shape index (κ3) is 3.89. The molecule has 0 atom stereocenters. The first-order chi connectivity index (χ1) is 12.6. The Hall–Kier alpha value is -3.19. The van der Waals surface area contributed by atoms with Crippen LogP contribution in [0.3, 0.4) is 0 Å². The molecule has 0 saturated carbocycles. The third-order valence-corrected chi connectivity index (χ3v) is 3.63. The van der Waals surface area contributed by atoms with Crippen LogP contribution in [0.5, 0.6) is 0 Å². The van der Waals surface area contributed by atoms with Gasteiger partial charge in [-0.15, -0.1) is 0 Å². The molecule has 3 aromatic rings. The monoisotopic (exact) mass is 357 g/mol. The molecule has 1 aromatic heterocycles. The lowest BCUT2D eigenvalue weighted by Gasteiger charge is -2.06. The number of hydrogen-bond donors (Lipinski definition) is 1. The van der Waals surface area contributed by atoms with E-state index in [4.69, 9.17) is 13.9 Å². The van der Waals surface area contributed by atoms with Gasteiger partial charge in [-0.25, -0.2) is 9.18 Å². The van der Waals surface area contributed by atoms with Gasteiger partial charge < -0.3 is 19.2 Å². The highest BCUT2D eigenvalue weighted by atomic mass is 19.1. The number of methoxy groups -OCH3 is 1. The van der Waals surface area contributed by atoms with Crippen LogP contribution in [0, 0.1) is 5.82 Å². The molecule has 0 saturated heterocycles. The number of hydrogen-bond acceptors (Lipinski definition) is 5. The van der Waals surface area contributed by atoms with Gasteiger partial charge in [-0.3, -0.25) is 4.79 Å². The lowest BCUT2D eigenvalue weighted by molar-refractivity contribution is -0.119. The molecule has 26 heavy (non-hydrogen) atoms. The van der Waals surface area contributed by atoms with Crippen molar-refractivity contribution in [2.75, 3.05) is 19.0 Å². The van der Waals surface area contributed by atoms with Crippen LogP contribution in [0.25, 0.3) is 11.0 Å². The van der Waals surface area contributed by atoms with Crippen molar-refractivity contribution in [2.24, 2.45) is 0 Å². The number of carbonyl (C=O) groups excluding carboxylic acids is 2. The fourth-order valence-corrected chi connectivity index (χ4v) is 2.48. The summed E-state index contributed by atoms with van der Waals surface area (Å²) < 4.78 is 28.6. The summed E-state index contributed by atoms with van der Waals surface area (Å²) in [6.07, 6.45) is 0. The number of rotatable bonds is 6. The molecule has 0 aliphatic rings. The smallest absolute Gasteiger partial charge is 0.375 e. The topological polar surface area (TPSA) is 77.8 Å². The number of benzene rings is 2. The molecule has 1 heterocycles. The highest BCUT2D eigenvalue weighted by molar-refractivity contribution is 5.98. The lowest BCUT2D eigenvalue weighted by atomic mass is 10.1. The van der Waals surface area contributed by atoms with E-state index in [0.717, 1.165) is 5.39 Å². The van der Waals surface area contributed by atoms with Gasteiger partial charge in [-0.1, -0.05) is 18.2 Å². The first-order valence-corrected chi connectivity index (χ1v) is 7.80. The zero-order valence-corrected chi connectivity index (χ0v) is 14.0. The maximum absolute atomic E-state index is 12.9. The Labute approximate surface area is 148 Å². The fourth-order valence-electron chi connectivity index (χ4n) is 2.48. The number of halogens is 1. The number of anilines is 1. The highest BCUT2D eigenvalue weighted by Gasteiger charge is 2.22. The van der Waals surface area contributed by atoms with Gasteiger partial charge in [0.1, 0.15) is 11.4 Å². The molecule has 0 bridgehead atoms. The van der Waals surface area contributed by atoms with Crippen molar-refractivity contribution in [3.05, 3.63) is 65.7 Å². The molecule has 2 aromatic carbocycles. The summed E-state index contributed by atoms with van der Waals surface area (Å²) in [5.41, 5.74) is 1.49. The zero-order valence-electron chi connectivity index (χ0n) is 14.0. The minimum absolute atomic E-state index is 0.00244. The molecule has 0 unspecified atom stereocenters.